The lowest BCUT2D eigenvalue weighted by molar-refractivity contribution is -0.113. The first-order valence-corrected chi connectivity index (χ1v) is 11.0. The van der Waals surface area contributed by atoms with E-state index in [1.807, 2.05) is 79.8 Å². The molecule has 3 aromatic carbocycles. The molecule has 158 valence electrons. The van der Waals surface area contributed by atoms with E-state index >= 15 is 0 Å². The largest absolute Gasteiger partial charge is 0.378 e. The average Bonchev–Trinajstić information content (AvgIpc) is 2.80. The summed E-state index contributed by atoms with van der Waals surface area (Å²) in [6, 6.07) is 24.1. The molecule has 0 aliphatic heterocycles. The summed E-state index contributed by atoms with van der Waals surface area (Å²) < 4.78 is 0. The molecule has 2 amide bonds. The number of carbonyl (C=O) groups excluding carboxylic acids is 2. The fourth-order valence-electron chi connectivity index (χ4n) is 2.85. The van der Waals surface area contributed by atoms with E-state index in [1.54, 1.807) is 42.1 Å². The van der Waals surface area contributed by atoms with E-state index in [1.165, 1.54) is 0 Å². The number of carbonyl (C=O) groups is 2. The molecule has 6 heteroatoms. The number of hydrogen-bond donors (Lipinski definition) is 2. The van der Waals surface area contributed by atoms with Crippen LogP contribution in [0.1, 0.15) is 15.9 Å². The third-order valence-corrected chi connectivity index (χ3v) is 5.34. The maximum atomic E-state index is 13.0. The molecule has 0 aliphatic carbocycles. The van der Waals surface area contributed by atoms with Gasteiger partial charge in [-0.2, -0.15) is 0 Å². The molecule has 3 aromatic rings. The molecule has 0 spiro atoms. The Hall–Kier alpha value is -3.51. The van der Waals surface area contributed by atoms with Gasteiger partial charge in [0.15, 0.2) is 0 Å². The molecule has 0 aromatic heterocycles. The second-order valence-corrected chi connectivity index (χ2v) is 7.93. The molecule has 0 saturated carbocycles. The first-order chi connectivity index (χ1) is 15.0. The number of anilines is 2. The normalized spacial score (nSPS) is 11.0. The van der Waals surface area contributed by atoms with Gasteiger partial charge in [0, 0.05) is 35.9 Å². The molecule has 0 radical (unpaired) electrons. The zero-order valence-electron chi connectivity index (χ0n) is 17.8. The Labute approximate surface area is 187 Å². The number of hydrogen-bond acceptors (Lipinski definition) is 4. The Morgan fingerprint density at radius 2 is 1.52 bits per heavy atom. The Kier molecular flexibility index (Phi) is 7.51. The highest BCUT2D eigenvalue weighted by molar-refractivity contribution is 7.98. The fourth-order valence-corrected chi connectivity index (χ4v) is 3.26. The van der Waals surface area contributed by atoms with Crippen molar-refractivity contribution in [2.24, 2.45) is 0 Å². The molecule has 0 saturated heterocycles. The highest BCUT2D eigenvalue weighted by Gasteiger charge is 2.15. The topological polar surface area (TPSA) is 61.4 Å². The van der Waals surface area contributed by atoms with Gasteiger partial charge >= 0.3 is 0 Å². The molecule has 3 rings (SSSR count). The van der Waals surface area contributed by atoms with Crippen LogP contribution in [-0.2, 0) is 4.79 Å². The van der Waals surface area contributed by atoms with Crippen molar-refractivity contribution in [3.05, 3.63) is 95.7 Å². The second-order valence-electron chi connectivity index (χ2n) is 7.05. The summed E-state index contributed by atoms with van der Waals surface area (Å²) in [4.78, 5) is 28.8. The summed E-state index contributed by atoms with van der Waals surface area (Å²) in [6.07, 6.45) is 3.67. The molecule has 0 fully saturated rings. The molecule has 2 N–H and O–H groups in total. The lowest BCUT2D eigenvalue weighted by atomic mass is 10.1. The van der Waals surface area contributed by atoms with Crippen molar-refractivity contribution in [2.45, 2.75) is 4.90 Å². The first kappa shape index (κ1) is 22.2. The quantitative estimate of drug-likeness (QED) is 0.413. The molecule has 0 aliphatic rings. The van der Waals surface area contributed by atoms with E-state index in [0.717, 1.165) is 16.1 Å². The number of benzene rings is 3. The minimum atomic E-state index is -0.391. The van der Waals surface area contributed by atoms with E-state index in [0.29, 0.717) is 11.3 Å². The summed E-state index contributed by atoms with van der Waals surface area (Å²) in [5.74, 6) is -0.734. The van der Waals surface area contributed by atoms with Gasteiger partial charge in [-0.05, 0) is 66.4 Å². The van der Waals surface area contributed by atoms with Crippen molar-refractivity contribution in [1.82, 2.24) is 5.32 Å². The Morgan fingerprint density at radius 3 is 2.10 bits per heavy atom. The highest BCUT2D eigenvalue weighted by Crippen LogP contribution is 2.19. The van der Waals surface area contributed by atoms with Crippen LogP contribution in [0.15, 0.2) is 89.5 Å². The van der Waals surface area contributed by atoms with Crippen LogP contribution >= 0.6 is 11.8 Å². The fraction of sp³-hybridized carbons (Fsp3) is 0.120. The van der Waals surface area contributed by atoms with Gasteiger partial charge in [-0.1, -0.05) is 30.3 Å². The van der Waals surface area contributed by atoms with Crippen LogP contribution < -0.4 is 15.5 Å². The minimum absolute atomic E-state index is 0.167. The Bertz CT molecular complexity index is 1060. The number of rotatable bonds is 7. The van der Waals surface area contributed by atoms with Crippen molar-refractivity contribution in [2.75, 3.05) is 30.6 Å². The van der Waals surface area contributed by atoms with Crippen LogP contribution in [-0.4, -0.2) is 32.2 Å². The molecule has 0 heterocycles. The van der Waals surface area contributed by atoms with Gasteiger partial charge in [-0.25, -0.2) is 0 Å². The van der Waals surface area contributed by atoms with Gasteiger partial charge in [0.25, 0.3) is 11.8 Å². The summed E-state index contributed by atoms with van der Waals surface area (Å²) in [5, 5.41) is 5.62. The average molecular weight is 432 g/mol. The monoisotopic (exact) mass is 431 g/mol. The minimum Gasteiger partial charge on any atom is -0.378 e. The molecule has 5 nitrogen and oxygen atoms in total. The summed E-state index contributed by atoms with van der Waals surface area (Å²) in [6.45, 7) is 0. The SMILES string of the molecule is CSc1ccc(NC(=O)/C(=C/c2ccc(N(C)C)cc2)NC(=O)c2ccccc2)cc1. The van der Waals surface area contributed by atoms with Crippen molar-refractivity contribution >= 4 is 41.0 Å². The molecule has 31 heavy (non-hydrogen) atoms. The molecular weight excluding hydrogens is 406 g/mol. The zero-order valence-corrected chi connectivity index (χ0v) is 18.6. The number of thioether (sulfide) groups is 1. The Morgan fingerprint density at radius 1 is 0.871 bits per heavy atom. The lowest BCUT2D eigenvalue weighted by Gasteiger charge is -2.13. The van der Waals surface area contributed by atoms with E-state index in [4.69, 9.17) is 0 Å². The maximum absolute atomic E-state index is 13.0. The summed E-state index contributed by atoms with van der Waals surface area (Å²) >= 11 is 1.63. The third-order valence-electron chi connectivity index (χ3n) is 4.60. The maximum Gasteiger partial charge on any atom is 0.272 e. The standard InChI is InChI=1S/C25H25N3O2S/c1-28(2)21-13-9-18(10-14-21)17-23(27-24(29)19-7-5-4-6-8-19)25(30)26-20-11-15-22(31-3)16-12-20/h4-17H,1-3H3,(H,26,30)(H,27,29)/b23-17-. The van der Waals surface area contributed by atoms with Gasteiger partial charge < -0.3 is 15.5 Å². The molecule has 0 atom stereocenters. The van der Waals surface area contributed by atoms with Crippen molar-refractivity contribution < 1.29 is 9.59 Å². The van der Waals surface area contributed by atoms with E-state index in [2.05, 4.69) is 10.6 Å². The van der Waals surface area contributed by atoms with Crippen LogP contribution in [0, 0.1) is 0 Å². The molecular formula is C25H25N3O2S. The van der Waals surface area contributed by atoms with E-state index < -0.39 is 5.91 Å². The molecule has 0 unspecified atom stereocenters. The van der Waals surface area contributed by atoms with Crippen molar-refractivity contribution in [1.29, 1.82) is 0 Å². The number of nitrogens with one attached hydrogen (secondary N) is 2. The van der Waals surface area contributed by atoms with Crippen LogP contribution in [0.5, 0.6) is 0 Å². The number of amides is 2. The van der Waals surface area contributed by atoms with Crippen molar-refractivity contribution in [3.63, 3.8) is 0 Å². The zero-order chi connectivity index (χ0) is 22.2. The van der Waals surface area contributed by atoms with Crippen LogP contribution in [0.4, 0.5) is 11.4 Å². The van der Waals surface area contributed by atoms with Gasteiger partial charge in [0.05, 0.1) is 0 Å². The Balaban J connectivity index is 1.86. The van der Waals surface area contributed by atoms with Gasteiger partial charge in [0.2, 0.25) is 0 Å². The van der Waals surface area contributed by atoms with Crippen molar-refractivity contribution in [3.8, 4) is 0 Å². The van der Waals surface area contributed by atoms with Crippen LogP contribution in [0.25, 0.3) is 6.08 Å². The molecule has 0 bridgehead atoms. The van der Waals surface area contributed by atoms with Gasteiger partial charge in [0.1, 0.15) is 5.70 Å². The van der Waals surface area contributed by atoms with E-state index in [9.17, 15) is 9.59 Å². The second kappa shape index (κ2) is 10.5. The smallest absolute Gasteiger partial charge is 0.272 e. The summed E-state index contributed by atoms with van der Waals surface area (Å²) in [5.41, 5.74) is 3.16. The highest BCUT2D eigenvalue weighted by atomic mass is 32.2. The van der Waals surface area contributed by atoms with Gasteiger partial charge in [-0.3, -0.25) is 9.59 Å². The third kappa shape index (κ3) is 6.23. The van der Waals surface area contributed by atoms with Crippen LogP contribution in [0.3, 0.4) is 0 Å². The van der Waals surface area contributed by atoms with Crippen LogP contribution in [0.2, 0.25) is 0 Å². The summed E-state index contributed by atoms with van der Waals surface area (Å²) in [7, 11) is 3.93. The lowest BCUT2D eigenvalue weighted by Crippen LogP contribution is -2.30. The van der Waals surface area contributed by atoms with E-state index in [-0.39, 0.29) is 11.6 Å². The first-order valence-electron chi connectivity index (χ1n) is 9.77. The number of nitrogens with zero attached hydrogens (tertiary/aromatic N) is 1. The van der Waals surface area contributed by atoms with Gasteiger partial charge in [-0.15, -0.1) is 11.8 Å². The predicted octanol–water partition coefficient (Wildman–Crippen LogP) is 4.88. The predicted molar refractivity (Wildman–Crippen MR) is 130 cm³/mol.